The summed E-state index contributed by atoms with van der Waals surface area (Å²) in [5.74, 6) is 5.64. The lowest BCUT2D eigenvalue weighted by molar-refractivity contribution is -0.00257. The van der Waals surface area contributed by atoms with Crippen molar-refractivity contribution in [2.24, 2.45) is 5.84 Å². The first-order valence-corrected chi connectivity index (χ1v) is 3.75. The molecule has 3 heteroatoms. The summed E-state index contributed by atoms with van der Waals surface area (Å²) in [7, 11) is 0. The molecule has 0 bridgehead atoms. The monoisotopic (exact) mass is 144 g/mol. The zero-order chi connectivity index (χ0) is 7.78. The first-order valence-electron chi connectivity index (χ1n) is 3.75. The van der Waals surface area contributed by atoms with Crippen LogP contribution in [0.25, 0.3) is 0 Å². The highest BCUT2D eigenvalue weighted by Crippen LogP contribution is 2.23. The maximum atomic E-state index is 9.57. The van der Waals surface area contributed by atoms with Crippen molar-refractivity contribution in [3.63, 3.8) is 0 Å². The molecule has 1 aliphatic heterocycles. The molecule has 1 fully saturated rings. The molecule has 0 amide bonds. The van der Waals surface area contributed by atoms with Gasteiger partial charge in [-0.1, -0.05) is 0 Å². The van der Waals surface area contributed by atoms with Crippen LogP contribution in [-0.4, -0.2) is 28.3 Å². The standard InChI is InChI=1S/C7H16N2O/c1-7(2,10)6-4-3-5-9(6)8/h6,10H,3-5,8H2,1-2H3. The maximum absolute atomic E-state index is 9.57. The van der Waals surface area contributed by atoms with E-state index >= 15 is 0 Å². The zero-order valence-corrected chi connectivity index (χ0v) is 6.67. The van der Waals surface area contributed by atoms with Crippen molar-refractivity contribution in [2.75, 3.05) is 6.54 Å². The molecule has 0 aliphatic carbocycles. The van der Waals surface area contributed by atoms with E-state index in [-0.39, 0.29) is 6.04 Å². The van der Waals surface area contributed by atoms with Crippen LogP contribution in [-0.2, 0) is 0 Å². The van der Waals surface area contributed by atoms with Gasteiger partial charge < -0.3 is 5.11 Å². The van der Waals surface area contributed by atoms with Gasteiger partial charge in [-0.3, -0.25) is 5.84 Å². The zero-order valence-electron chi connectivity index (χ0n) is 6.67. The van der Waals surface area contributed by atoms with Gasteiger partial charge in [-0.05, 0) is 26.7 Å². The van der Waals surface area contributed by atoms with Gasteiger partial charge >= 0.3 is 0 Å². The number of hydrogen-bond donors (Lipinski definition) is 2. The topological polar surface area (TPSA) is 49.5 Å². The van der Waals surface area contributed by atoms with Crippen LogP contribution in [0.3, 0.4) is 0 Å². The van der Waals surface area contributed by atoms with Crippen molar-refractivity contribution >= 4 is 0 Å². The van der Waals surface area contributed by atoms with Crippen molar-refractivity contribution < 1.29 is 5.11 Å². The van der Waals surface area contributed by atoms with Crippen molar-refractivity contribution in [1.29, 1.82) is 0 Å². The summed E-state index contributed by atoms with van der Waals surface area (Å²) >= 11 is 0. The normalized spacial score (nSPS) is 29.4. The van der Waals surface area contributed by atoms with Crippen molar-refractivity contribution in [3.8, 4) is 0 Å². The fraction of sp³-hybridized carbons (Fsp3) is 1.00. The van der Waals surface area contributed by atoms with E-state index in [0.29, 0.717) is 0 Å². The van der Waals surface area contributed by atoms with Crippen LogP contribution in [0.15, 0.2) is 0 Å². The Hall–Kier alpha value is -0.120. The summed E-state index contributed by atoms with van der Waals surface area (Å²) < 4.78 is 0. The number of nitrogens with two attached hydrogens (primary N) is 1. The number of aliphatic hydroxyl groups is 1. The van der Waals surface area contributed by atoms with E-state index in [1.807, 2.05) is 13.8 Å². The number of rotatable bonds is 1. The molecule has 0 radical (unpaired) electrons. The SMILES string of the molecule is CC(C)(O)C1CCCN1N. The van der Waals surface area contributed by atoms with Crippen LogP contribution in [0.4, 0.5) is 0 Å². The molecule has 0 spiro atoms. The fourth-order valence-electron chi connectivity index (χ4n) is 1.55. The van der Waals surface area contributed by atoms with Gasteiger partial charge in [0.15, 0.2) is 0 Å². The molecule has 0 aromatic heterocycles. The second-order valence-electron chi connectivity index (χ2n) is 3.55. The molecule has 1 saturated heterocycles. The number of hydrazine groups is 1. The van der Waals surface area contributed by atoms with Gasteiger partial charge in [-0.2, -0.15) is 0 Å². The van der Waals surface area contributed by atoms with E-state index in [2.05, 4.69) is 0 Å². The average Bonchev–Trinajstić information content (AvgIpc) is 2.11. The lowest BCUT2D eigenvalue weighted by Gasteiger charge is -2.30. The molecule has 10 heavy (non-hydrogen) atoms. The van der Waals surface area contributed by atoms with E-state index in [4.69, 9.17) is 5.84 Å². The minimum Gasteiger partial charge on any atom is -0.389 e. The molecule has 1 unspecified atom stereocenters. The van der Waals surface area contributed by atoms with Crippen molar-refractivity contribution in [3.05, 3.63) is 0 Å². The third kappa shape index (κ3) is 1.48. The van der Waals surface area contributed by atoms with Crippen LogP contribution in [0.5, 0.6) is 0 Å². The third-order valence-electron chi connectivity index (χ3n) is 2.11. The van der Waals surface area contributed by atoms with Crippen molar-refractivity contribution in [1.82, 2.24) is 5.01 Å². The van der Waals surface area contributed by atoms with E-state index < -0.39 is 5.60 Å². The molecule has 3 N–H and O–H groups in total. The maximum Gasteiger partial charge on any atom is 0.0760 e. The van der Waals surface area contributed by atoms with Gasteiger partial charge in [0.2, 0.25) is 0 Å². The third-order valence-corrected chi connectivity index (χ3v) is 2.11. The predicted molar refractivity (Wildman–Crippen MR) is 40.2 cm³/mol. The second kappa shape index (κ2) is 2.49. The van der Waals surface area contributed by atoms with Crippen LogP contribution in [0, 0.1) is 0 Å². The summed E-state index contributed by atoms with van der Waals surface area (Å²) in [5.41, 5.74) is -0.648. The summed E-state index contributed by atoms with van der Waals surface area (Å²) in [4.78, 5) is 0. The van der Waals surface area contributed by atoms with Crippen molar-refractivity contribution in [2.45, 2.75) is 38.3 Å². The first-order chi connectivity index (χ1) is 4.52. The van der Waals surface area contributed by atoms with E-state index in [1.165, 1.54) is 0 Å². The van der Waals surface area contributed by atoms with Gasteiger partial charge in [0.1, 0.15) is 0 Å². The lowest BCUT2D eigenvalue weighted by Crippen LogP contribution is -2.48. The summed E-state index contributed by atoms with van der Waals surface area (Å²) in [6.45, 7) is 4.53. The summed E-state index contributed by atoms with van der Waals surface area (Å²) in [5, 5.41) is 11.3. The minimum atomic E-state index is -0.648. The average molecular weight is 144 g/mol. The van der Waals surface area contributed by atoms with Gasteiger partial charge in [-0.25, -0.2) is 5.01 Å². The van der Waals surface area contributed by atoms with Gasteiger partial charge in [0, 0.05) is 6.54 Å². The Labute approximate surface area is 61.8 Å². The van der Waals surface area contributed by atoms with Gasteiger partial charge in [0.05, 0.1) is 11.6 Å². The van der Waals surface area contributed by atoms with E-state index in [9.17, 15) is 5.11 Å². The Balaban J connectivity index is 2.55. The molecule has 1 aliphatic rings. The Bertz CT molecular complexity index is 119. The van der Waals surface area contributed by atoms with E-state index in [0.717, 1.165) is 19.4 Å². The quantitative estimate of drug-likeness (QED) is 0.513. The number of nitrogens with zero attached hydrogens (tertiary/aromatic N) is 1. The van der Waals surface area contributed by atoms with Crippen LogP contribution >= 0.6 is 0 Å². The smallest absolute Gasteiger partial charge is 0.0760 e. The highest BCUT2D eigenvalue weighted by molar-refractivity contribution is 4.87. The summed E-state index contributed by atoms with van der Waals surface area (Å²) in [6, 6.07) is 0.146. The predicted octanol–water partition coefficient (Wildman–Crippen LogP) is 0.0954. The molecule has 0 saturated carbocycles. The largest absolute Gasteiger partial charge is 0.389 e. The molecular weight excluding hydrogens is 128 g/mol. The van der Waals surface area contributed by atoms with Gasteiger partial charge in [-0.15, -0.1) is 0 Å². The minimum absolute atomic E-state index is 0.146. The Kier molecular flexibility index (Phi) is 1.99. The van der Waals surface area contributed by atoms with E-state index in [1.54, 1.807) is 5.01 Å². The molecule has 1 heterocycles. The van der Waals surface area contributed by atoms with Crippen LogP contribution in [0.2, 0.25) is 0 Å². The molecule has 0 aromatic carbocycles. The molecule has 1 atom stereocenters. The molecule has 0 aromatic rings. The Morgan fingerprint density at radius 3 is 2.40 bits per heavy atom. The highest BCUT2D eigenvalue weighted by Gasteiger charge is 2.33. The lowest BCUT2D eigenvalue weighted by atomic mass is 9.97. The number of hydrogen-bond acceptors (Lipinski definition) is 3. The fourth-order valence-corrected chi connectivity index (χ4v) is 1.55. The molecular formula is C7H16N2O. The Morgan fingerprint density at radius 1 is 1.60 bits per heavy atom. The first kappa shape index (κ1) is 7.98. The second-order valence-corrected chi connectivity index (χ2v) is 3.55. The highest BCUT2D eigenvalue weighted by atomic mass is 16.3. The van der Waals surface area contributed by atoms with Crippen LogP contribution < -0.4 is 5.84 Å². The molecule has 1 rings (SSSR count). The molecule has 3 nitrogen and oxygen atoms in total. The van der Waals surface area contributed by atoms with Crippen LogP contribution in [0.1, 0.15) is 26.7 Å². The Morgan fingerprint density at radius 2 is 2.20 bits per heavy atom. The summed E-state index contributed by atoms with van der Waals surface area (Å²) in [6.07, 6.45) is 2.12. The molecule has 60 valence electrons. The van der Waals surface area contributed by atoms with Gasteiger partial charge in [0.25, 0.3) is 0 Å².